The highest BCUT2D eigenvalue weighted by molar-refractivity contribution is 7.19. The van der Waals surface area contributed by atoms with Gasteiger partial charge in [0.2, 0.25) is 0 Å². The molecule has 32 heavy (non-hydrogen) atoms. The summed E-state index contributed by atoms with van der Waals surface area (Å²) in [6.07, 6.45) is 7.32. The molecule has 4 aliphatic rings. The summed E-state index contributed by atoms with van der Waals surface area (Å²) in [7, 11) is 0. The SMILES string of the molecule is Cc1cc(Cl)cc(-c2ccnc3cc(CN4CCCC4)sc23)c1OC1CN2CCC1CC2. The molecule has 1 aromatic carbocycles. The van der Waals surface area contributed by atoms with Gasteiger partial charge in [0.1, 0.15) is 11.9 Å². The molecule has 6 heteroatoms. The molecule has 0 spiro atoms. The monoisotopic (exact) mass is 467 g/mol. The third-order valence-electron chi connectivity index (χ3n) is 7.44. The van der Waals surface area contributed by atoms with Crippen LogP contribution in [0.15, 0.2) is 30.5 Å². The van der Waals surface area contributed by atoms with Gasteiger partial charge in [0.25, 0.3) is 0 Å². The minimum Gasteiger partial charge on any atom is -0.488 e. The van der Waals surface area contributed by atoms with E-state index in [9.17, 15) is 0 Å². The lowest BCUT2D eigenvalue weighted by molar-refractivity contribution is -0.00778. The Kier molecular flexibility index (Phi) is 5.62. The Morgan fingerprint density at radius 2 is 1.91 bits per heavy atom. The van der Waals surface area contributed by atoms with Gasteiger partial charge in [-0.2, -0.15) is 0 Å². The summed E-state index contributed by atoms with van der Waals surface area (Å²) in [6.45, 7) is 9.04. The molecule has 0 amide bonds. The van der Waals surface area contributed by atoms with Crippen molar-refractivity contribution in [2.75, 3.05) is 32.7 Å². The summed E-state index contributed by atoms with van der Waals surface area (Å²) in [6, 6.07) is 8.52. The van der Waals surface area contributed by atoms with Crippen LogP contribution in [-0.4, -0.2) is 53.6 Å². The molecule has 2 aromatic heterocycles. The van der Waals surface area contributed by atoms with Gasteiger partial charge in [-0.25, -0.2) is 0 Å². The van der Waals surface area contributed by atoms with Crippen molar-refractivity contribution in [3.05, 3.63) is 45.9 Å². The van der Waals surface area contributed by atoms with Crippen LogP contribution in [0.2, 0.25) is 5.02 Å². The van der Waals surface area contributed by atoms with Crippen LogP contribution in [0.25, 0.3) is 21.3 Å². The number of thiophene rings is 1. The van der Waals surface area contributed by atoms with Crippen LogP contribution < -0.4 is 4.74 Å². The van der Waals surface area contributed by atoms with Gasteiger partial charge < -0.3 is 4.74 Å². The van der Waals surface area contributed by atoms with Crippen molar-refractivity contribution in [3.63, 3.8) is 0 Å². The van der Waals surface area contributed by atoms with E-state index in [2.05, 4.69) is 34.9 Å². The maximum Gasteiger partial charge on any atom is 0.130 e. The van der Waals surface area contributed by atoms with Crippen LogP contribution in [0.4, 0.5) is 0 Å². The van der Waals surface area contributed by atoms with E-state index in [0.29, 0.717) is 5.92 Å². The number of aromatic nitrogens is 1. The van der Waals surface area contributed by atoms with Crippen molar-refractivity contribution in [3.8, 4) is 16.9 Å². The molecule has 7 rings (SSSR count). The maximum atomic E-state index is 6.80. The highest BCUT2D eigenvalue weighted by Gasteiger charge is 2.36. The number of halogens is 1. The van der Waals surface area contributed by atoms with E-state index in [1.165, 1.54) is 67.0 Å². The van der Waals surface area contributed by atoms with Crippen molar-refractivity contribution < 1.29 is 4.74 Å². The molecule has 0 aliphatic carbocycles. The zero-order chi connectivity index (χ0) is 21.7. The van der Waals surface area contributed by atoms with Crippen LogP contribution in [0.1, 0.15) is 36.1 Å². The fraction of sp³-hybridized carbons (Fsp3) is 0.500. The Hall–Kier alpha value is -1.66. The van der Waals surface area contributed by atoms with Crippen molar-refractivity contribution >= 4 is 33.2 Å². The van der Waals surface area contributed by atoms with Gasteiger partial charge in [0.15, 0.2) is 0 Å². The Bertz CT molecular complexity index is 1130. The van der Waals surface area contributed by atoms with Gasteiger partial charge in [-0.15, -0.1) is 11.3 Å². The van der Waals surface area contributed by atoms with Crippen LogP contribution in [0, 0.1) is 12.8 Å². The Balaban J connectivity index is 1.39. The second-order valence-electron chi connectivity index (χ2n) is 9.66. The first kappa shape index (κ1) is 20.9. The fourth-order valence-corrected chi connectivity index (χ4v) is 7.18. The summed E-state index contributed by atoms with van der Waals surface area (Å²) < 4.78 is 8.04. The lowest BCUT2D eigenvalue weighted by Crippen LogP contribution is -2.52. The third-order valence-corrected chi connectivity index (χ3v) is 8.80. The second kappa shape index (κ2) is 8.60. The van der Waals surface area contributed by atoms with Crippen LogP contribution >= 0.6 is 22.9 Å². The molecular weight excluding hydrogens is 438 g/mol. The molecular formula is C26H30ClN3OS. The largest absolute Gasteiger partial charge is 0.488 e. The van der Waals surface area contributed by atoms with E-state index in [4.69, 9.17) is 21.3 Å². The Labute approximate surface area is 199 Å². The lowest BCUT2D eigenvalue weighted by atomic mass is 9.85. The van der Waals surface area contributed by atoms with E-state index in [1.807, 2.05) is 23.6 Å². The van der Waals surface area contributed by atoms with E-state index in [-0.39, 0.29) is 6.10 Å². The van der Waals surface area contributed by atoms with Gasteiger partial charge in [-0.3, -0.25) is 14.8 Å². The second-order valence-corrected chi connectivity index (χ2v) is 11.2. The van der Waals surface area contributed by atoms with Crippen molar-refractivity contribution in [1.82, 2.24) is 14.8 Å². The normalized spacial score (nSPS) is 25.6. The summed E-state index contributed by atoms with van der Waals surface area (Å²) in [5.74, 6) is 1.66. The molecule has 0 radical (unpaired) electrons. The van der Waals surface area contributed by atoms with E-state index < -0.39 is 0 Å². The van der Waals surface area contributed by atoms with Crippen molar-refractivity contribution in [2.45, 2.75) is 45.3 Å². The highest BCUT2D eigenvalue weighted by atomic mass is 35.5. The van der Waals surface area contributed by atoms with E-state index >= 15 is 0 Å². The standard InChI is InChI=1S/C26H30ClN3OS/c1-17-12-19(27)13-22(25(17)31-24-16-30-10-5-18(24)6-11-30)21-4-7-28-23-14-20(32-26(21)23)15-29-8-2-3-9-29/h4,7,12-14,18,24H,2-3,5-6,8-11,15-16H2,1H3. The fourth-order valence-electron chi connectivity index (χ4n) is 5.72. The molecule has 4 saturated heterocycles. The average Bonchev–Trinajstić information content (AvgIpc) is 3.46. The smallest absolute Gasteiger partial charge is 0.130 e. The first-order valence-electron chi connectivity index (χ1n) is 11.9. The number of ether oxygens (including phenoxy) is 1. The number of fused-ring (bicyclic) bond motifs is 4. The number of likely N-dealkylation sites (tertiary alicyclic amines) is 1. The molecule has 1 atom stereocenters. The van der Waals surface area contributed by atoms with E-state index in [0.717, 1.165) is 40.5 Å². The predicted molar refractivity (Wildman–Crippen MR) is 133 cm³/mol. The number of rotatable bonds is 5. The number of hydrogen-bond acceptors (Lipinski definition) is 5. The van der Waals surface area contributed by atoms with Gasteiger partial charge in [0, 0.05) is 40.3 Å². The van der Waals surface area contributed by atoms with Gasteiger partial charge in [-0.05, 0) is 94.5 Å². The molecule has 0 N–H and O–H groups in total. The topological polar surface area (TPSA) is 28.6 Å². The van der Waals surface area contributed by atoms with Crippen LogP contribution in [0.5, 0.6) is 5.75 Å². The molecule has 4 nitrogen and oxygen atoms in total. The molecule has 3 aromatic rings. The van der Waals surface area contributed by atoms with Crippen molar-refractivity contribution in [2.24, 2.45) is 5.92 Å². The minimum atomic E-state index is 0.266. The Morgan fingerprint density at radius 3 is 2.66 bits per heavy atom. The zero-order valence-corrected chi connectivity index (χ0v) is 20.2. The summed E-state index contributed by atoms with van der Waals surface area (Å²) >= 11 is 8.44. The molecule has 4 aliphatic heterocycles. The zero-order valence-electron chi connectivity index (χ0n) is 18.6. The van der Waals surface area contributed by atoms with Gasteiger partial charge in [-0.1, -0.05) is 11.6 Å². The number of pyridine rings is 1. The summed E-state index contributed by atoms with van der Waals surface area (Å²) in [5, 5.41) is 0.762. The van der Waals surface area contributed by atoms with Crippen molar-refractivity contribution in [1.29, 1.82) is 0 Å². The number of piperidine rings is 3. The van der Waals surface area contributed by atoms with Gasteiger partial charge in [0.05, 0.1) is 10.2 Å². The minimum absolute atomic E-state index is 0.266. The van der Waals surface area contributed by atoms with Crippen LogP contribution in [-0.2, 0) is 6.54 Å². The van der Waals surface area contributed by atoms with Crippen LogP contribution in [0.3, 0.4) is 0 Å². The number of benzene rings is 1. The molecule has 4 fully saturated rings. The number of nitrogens with zero attached hydrogens (tertiary/aromatic N) is 3. The molecule has 1 unspecified atom stereocenters. The third kappa shape index (κ3) is 3.94. The lowest BCUT2D eigenvalue weighted by Gasteiger charge is -2.44. The molecule has 6 heterocycles. The maximum absolute atomic E-state index is 6.80. The average molecular weight is 468 g/mol. The molecule has 2 bridgehead atoms. The van der Waals surface area contributed by atoms with Gasteiger partial charge >= 0.3 is 0 Å². The highest BCUT2D eigenvalue weighted by Crippen LogP contribution is 2.43. The summed E-state index contributed by atoms with van der Waals surface area (Å²) in [5.41, 5.74) is 4.49. The number of aryl methyl sites for hydroxylation is 1. The molecule has 0 saturated carbocycles. The Morgan fingerprint density at radius 1 is 1.09 bits per heavy atom. The first-order valence-corrected chi connectivity index (χ1v) is 13.1. The first-order chi connectivity index (χ1) is 15.6. The predicted octanol–water partition coefficient (Wildman–Crippen LogP) is 5.99. The molecule has 168 valence electrons. The number of hydrogen-bond donors (Lipinski definition) is 0. The summed E-state index contributed by atoms with van der Waals surface area (Å²) in [4.78, 5) is 11.2. The van der Waals surface area contributed by atoms with E-state index in [1.54, 1.807) is 0 Å². The quantitative estimate of drug-likeness (QED) is 0.460.